The normalized spacial score (nSPS) is 19.9. The zero-order valence-corrected chi connectivity index (χ0v) is 11.5. The van der Waals surface area contributed by atoms with Gasteiger partial charge in [-0.2, -0.15) is 0 Å². The quantitative estimate of drug-likeness (QED) is 0.896. The molecule has 1 aliphatic heterocycles. The van der Waals surface area contributed by atoms with E-state index in [2.05, 4.69) is 0 Å². The standard InChI is InChI=1S/C15H22O3/c1-10-8-14(12(3)11(2)13(10)9-16)18-15-6-4-5-7-17-15/h8,15-16H,4-7,9H2,1-3H3. The van der Waals surface area contributed by atoms with Gasteiger partial charge in [0.15, 0.2) is 6.29 Å². The molecule has 0 radical (unpaired) electrons. The van der Waals surface area contributed by atoms with E-state index >= 15 is 0 Å². The molecule has 1 heterocycles. The van der Waals surface area contributed by atoms with Crippen LogP contribution in [0.4, 0.5) is 0 Å². The molecule has 1 N–H and O–H groups in total. The number of hydrogen-bond acceptors (Lipinski definition) is 3. The fourth-order valence-electron chi connectivity index (χ4n) is 2.41. The maximum Gasteiger partial charge on any atom is 0.199 e. The summed E-state index contributed by atoms with van der Waals surface area (Å²) in [5, 5.41) is 9.37. The van der Waals surface area contributed by atoms with Crippen LogP contribution in [-0.2, 0) is 11.3 Å². The second kappa shape index (κ2) is 5.72. The third kappa shape index (κ3) is 2.68. The first-order valence-corrected chi connectivity index (χ1v) is 6.62. The Morgan fingerprint density at radius 3 is 2.67 bits per heavy atom. The maximum absolute atomic E-state index is 9.37. The molecule has 0 bridgehead atoms. The van der Waals surface area contributed by atoms with E-state index in [4.69, 9.17) is 9.47 Å². The van der Waals surface area contributed by atoms with Crippen molar-refractivity contribution in [3.8, 4) is 5.75 Å². The molecule has 3 nitrogen and oxygen atoms in total. The van der Waals surface area contributed by atoms with E-state index in [0.29, 0.717) is 0 Å². The summed E-state index contributed by atoms with van der Waals surface area (Å²) in [5.41, 5.74) is 4.29. The van der Waals surface area contributed by atoms with Gasteiger partial charge in [-0.3, -0.25) is 0 Å². The number of hydrogen-bond donors (Lipinski definition) is 1. The molecule has 0 spiro atoms. The molecule has 18 heavy (non-hydrogen) atoms. The summed E-state index contributed by atoms with van der Waals surface area (Å²) < 4.78 is 11.5. The lowest BCUT2D eigenvalue weighted by atomic mass is 9.98. The van der Waals surface area contributed by atoms with E-state index in [9.17, 15) is 5.11 Å². The van der Waals surface area contributed by atoms with Crippen molar-refractivity contribution in [2.75, 3.05) is 6.61 Å². The highest BCUT2D eigenvalue weighted by molar-refractivity contribution is 5.47. The Bertz CT molecular complexity index is 420. The second-order valence-corrected chi connectivity index (χ2v) is 4.99. The molecule has 2 rings (SSSR count). The molecule has 0 aliphatic carbocycles. The minimum atomic E-state index is -0.115. The number of benzene rings is 1. The minimum absolute atomic E-state index is 0.0821. The Morgan fingerprint density at radius 2 is 2.06 bits per heavy atom. The summed E-state index contributed by atoms with van der Waals surface area (Å²) in [6.07, 6.45) is 3.13. The van der Waals surface area contributed by atoms with Crippen LogP contribution in [0.2, 0.25) is 0 Å². The van der Waals surface area contributed by atoms with Crippen molar-refractivity contribution in [2.24, 2.45) is 0 Å². The van der Waals surface area contributed by atoms with E-state index in [1.165, 1.54) is 0 Å². The average molecular weight is 250 g/mol. The van der Waals surface area contributed by atoms with E-state index < -0.39 is 0 Å². The van der Waals surface area contributed by atoms with Crippen LogP contribution in [0.3, 0.4) is 0 Å². The number of rotatable bonds is 3. The lowest BCUT2D eigenvalue weighted by Crippen LogP contribution is -2.25. The molecule has 3 heteroatoms. The third-order valence-electron chi connectivity index (χ3n) is 3.76. The predicted molar refractivity (Wildman–Crippen MR) is 70.8 cm³/mol. The molecule has 0 saturated carbocycles. The second-order valence-electron chi connectivity index (χ2n) is 4.99. The van der Waals surface area contributed by atoms with E-state index in [1.54, 1.807) is 0 Å². The van der Waals surface area contributed by atoms with Crippen LogP contribution >= 0.6 is 0 Å². The van der Waals surface area contributed by atoms with Gasteiger partial charge in [0.2, 0.25) is 0 Å². The molecular weight excluding hydrogens is 228 g/mol. The van der Waals surface area contributed by atoms with Gasteiger partial charge in [0, 0.05) is 6.42 Å². The van der Waals surface area contributed by atoms with Crippen LogP contribution in [0.15, 0.2) is 6.07 Å². The highest BCUT2D eigenvalue weighted by Crippen LogP contribution is 2.29. The Kier molecular flexibility index (Phi) is 4.25. The van der Waals surface area contributed by atoms with Crippen LogP contribution in [0.25, 0.3) is 0 Å². The van der Waals surface area contributed by atoms with E-state index in [-0.39, 0.29) is 12.9 Å². The van der Waals surface area contributed by atoms with Gasteiger partial charge in [-0.05, 0) is 61.9 Å². The van der Waals surface area contributed by atoms with Crippen LogP contribution in [0.5, 0.6) is 5.75 Å². The molecule has 1 unspecified atom stereocenters. The highest BCUT2D eigenvalue weighted by Gasteiger charge is 2.18. The molecule has 1 saturated heterocycles. The molecule has 100 valence electrons. The van der Waals surface area contributed by atoms with Gasteiger partial charge < -0.3 is 14.6 Å². The van der Waals surface area contributed by atoms with Gasteiger partial charge in [-0.1, -0.05) is 0 Å². The summed E-state index contributed by atoms with van der Waals surface area (Å²) in [5.74, 6) is 0.883. The van der Waals surface area contributed by atoms with Gasteiger partial charge in [0.05, 0.1) is 13.2 Å². The highest BCUT2D eigenvalue weighted by atomic mass is 16.7. The summed E-state index contributed by atoms with van der Waals surface area (Å²) >= 11 is 0. The van der Waals surface area contributed by atoms with Crippen molar-refractivity contribution in [3.63, 3.8) is 0 Å². The molecule has 1 fully saturated rings. The first kappa shape index (κ1) is 13.4. The van der Waals surface area contributed by atoms with E-state index in [1.807, 2.05) is 26.8 Å². The van der Waals surface area contributed by atoms with Gasteiger partial charge in [0.1, 0.15) is 5.75 Å². The summed E-state index contributed by atoms with van der Waals surface area (Å²) in [6.45, 7) is 6.94. The van der Waals surface area contributed by atoms with Crippen molar-refractivity contribution in [1.29, 1.82) is 0 Å². The summed E-state index contributed by atoms with van der Waals surface area (Å²) in [4.78, 5) is 0. The molecule has 0 amide bonds. The topological polar surface area (TPSA) is 38.7 Å². The molecule has 1 aliphatic rings. The smallest absolute Gasteiger partial charge is 0.199 e. The molecule has 0 aromatic heterocycles. The SMILES string of the molecule is Cc1cc(OC2CCCCO2)c(C)c(C)c1CO. The lowest BCUT2D eigenvalue weighted by molar-refractivity contribution is -0.106. The van der Waals surface area contributed by atoms with Gasteiger partial charge >= 0.3 is 0 Å². The Hall–Kier alpha value is -1.06. The number of aliphatic hydroxyl groups is 1. The van der Waals surface area contributed by atoms with Gasteiger partial charge in [0.25, 0.3) is 0 Å². The first-order valence-electron chi connectivity index (χ1n) is 6.62. The average Bonchev–Trinajstić information content (AvgIpc) is 2.37. The molecular formula is C15H22O3. The molecule has 1 aromatic rings. The largest absolute Gasteiger partial charge is 0.465 e. The van der Waals surface area contributed by atoms with Crippen LogP contribution in [-0.4, -0.2) is 18.0 Å². The van der Waals surface area contributed by atoms with Crippen molar-refractivity contribution in [1.82, 2.24) is 0 Å². The van der Waals surface area contributed by atoms with Crippen molar-refractivity contribution in [2.45, 2.75) is 52.9 Å². The van der Waals surface area contributed by atoms with Gasteiger partial charge in [-0.15, -0.1) is 0 Å². The summed E-state index contributed by atoms with van der Waals surface area (Å²) in [6, 6.07) is 2.01. The van der Waals surface area contributed by atoms with Gasteiger partial charge in [-0.25, -0.2) is 0 Å². The van der Waals surface area contributed by atoms with Crippen LogP contribution < -0.4 is 4.74 Å². The maximum atomic E-state index is 9.37. The van der Waals surface area contributed by atoms with Crippen molar-refractivity contribution < 1.29 is 14.6 Å². The Balaban J connectivity index is 2.22. The van der Waals surface area contributed by atoms with E-state index in [0.717, 1.165) is 53.9 Å². The number of ether oxygens (including phenoxy) is 2. The zero-order chi connectivity index (χ0) is 13.1. The number of aliphatic hydroxyl groups excluding tert-OH is 1. The molecule has 1 aromatic carbocycles. The lowest BCUT2D eigenvalue weighted by Gasteiger charge is -2.25. The fourth-order valence-corrected chi connectivity index (χ4v) is 2.41. The monoisotopic (exact) mass is 250 g/mol. The Labute approximate surface area is 109 Å². The Morgan fingerprint density at radius 1 is 1.28 bits per heavy atom. The fraction of sp³-hybridized carbons (Fsp3) is 0.600. The first-order chi connectivity index (χ1) is 8.63. The van der Waals surface area contributed by atoms with Crippen molar-refractivity contribution in [3.05, 3.63) is 28.3 Å². The minimum Gasteiger partial charge on any atom is -0.465 e. The van der Waals surface area contributed by atoms with Crippen LogP contribution in [0.1, 0.15) is 41.5 Å². The number of aryl methyl sites for hydroxylation is 1. The summed E-state index contributed by atoms with van der Waals surface area (Å²) in [7, 11) is 0. The third-order valence-corrected chi connectivity index (χ3v) is 3.76. The molecule has 1 atom stereocenters. The van der Waals surface area contributed by atoms with Crippen LogP contribution in [0, 0.1) is 20.8 Å². The van der Waals surface area contributed by atoms with Crippen molar-refractivity contribution >= 4 is 0 Å². The predicted octanol–water partition coefficient (Wildman–Crippen LogP) is 3.01. The zero-order valence-electron chi connectivity index (χ0n) is 11.5.